The number of nitrogens with zero attached hydrogens (tertiary/aromatic N) is 5. The number of carbonyl (C=O) groups is 2. The van der Waals surface area contributed by atoms with Crippen LogP contribution in [0.15, 0.2) is 54.9 Å². The Morgan fingerprint density at radius 2 is 1.89 bits per heavy atom. The highest BCUT2D eigenvalue weighted by molar-refractivity contribution is 6.04. The fraction of sp³-hybridized carbons (Fsp3) is 0.345. The third kappa shape index (κ3) is 4.22. The number of aromatic nitrogens is 4. The van der Waals surface area contributed by atoms with Crippen LogP contribution >= 0.6 is 0 Å². The van der Waals surface area contributed by atoms with E-state index in [0.29, 0.717) is 55.9 Å². The number of piperidine rings is 1. The summed E-state index contributed by atoms with van der Waals surface area (Å²) in [4.78, 5) is 37.3. The lowest BCUT2D eigenvalue weighted by molar-refractivity contribution is -0.137. The number of carbonyl (C=O) groups excluding carboxylic acids is 2. The zero-order valence-corrected chi connectivity index (χ0v) is 21.3. The molecule has 194 valence electrons. The summed E-state index contributed by atoms with van der Waals surface area (Å²) in [6, 6.07) is 14.1. The molecule has 0 radical (unpaired) electrons. The molecule has 0 bridgehead atoms. The zero-order valence-electron chi connectivity index (χ0n) is 21.3. The van der Waals surface area contributed by atoms with Crippen LogP contribution in [0.2, 0.25) is 0 Å². The van der Waals surface area contributed by atoms with Gasteiger partial charge in [-0.25, -0.2) is 4.98 Å². The Bertz CT molecular complexity index is 1490. The van der Waals surface area contributed by atoms with Gasteiger partial charge in [0.05, 0.1) is 35.7 Å². The normalized spacial score (nSPS) is 16.8. The third-order valence-electron chi connectivity index (χ3n) is 7.63. The maximum Gasteiger partial charge on any atom is 0.227 e. The van der Waals surface area contributed by atoms with Crippen LogP contribution < -0.4 is 5.32 Å². The SMILES string of the molecule is CC(CO)C(=O)N1CCC(c2nc3c(-c4ccc(-c5ccccc5)nc4)cnn3c3c2C(=O)CCN3)CC1. The number of rotatable bonds is 5. The average molecular weight is 511 g/mol. The molecule has 6 rings (SSSR count). The van der Waals surface area contributed by atoms with Gasteiger partial charge in [-0.2, -0.15) is 9.61 Å². The van der Waals surface area contributed by atoms with E-state index in [0.717, 1.165) is 28.1 Å². The van der Waals surface area contributed by atoms with Gasteiger partial charge in [-0.1, -0.05) is 43.3 Å². The molecule has 1 amide bonds. The molecular weight excluding hydrogens is 480 g/mol. The summed E-state index contributed by atoms with van der Waals surface area (Å²) in [6.45, 7) is 3.30. The first-order valence-electron chi connectivity index (χ1n) is 13.2. The predicted molar refractivity (Wildman–Crippen MR) is 144 cm³/mol. The highest BCUT2D eigenvalue weighted by Gasteiger charge is 2.33. The summed E-state index contributed by atoms with van der Waals surface area (Å²) in [5.74, 6) is 0.372. The van der Waals surface area contributed by atoms with E-state index in [4.69, 9.17) is 4.98 Å². The molecule has 4 aromatic rings. The van der Waals surface area contributed by atoms with Crippen LogP contribution in [0.25, 0.3) is 28.0 Å². The Hall–Kier alpha value is -4.11. The zero-order chi connectivity index (χ0) is 26.2. The maximum atomic E-state index is 13.1. The van der Waals surface area contributed by atoms with Crippen LogP contribution in [0, 0.1) is 5.92 Å². The number of amides is 1. The molecule has 1 aromatic carbocycles. The first-order chi connectivity index (χ1) is 18.5. The molecule has 38 heavy (non-hydrogen) atoms. The van der Waals surface area contributed by atoms with Gasteiger partial charge in [-0.3, -0.25) is 14.6 Å². The van der Waals surface area contributed by atoms with Crippen molar-refractivity contribution in [3.8, 4) is 22.4 Å². The van der Waals surface area contributed by atoms with Crippen molar-refractivity contribution in [2.75, 3.05) is 31.6 Å². The molecule has 0 aliphatic carbocycles. The van der Waals surface area contributed by atoms with Crippen LogP contribution in [-0.2, 0) is 4.79 Å². The Labute approximate surface area is 220 Å². The minimum absolute atomic E-state index is 0.0290. The second-order valence-corrected chi connectivity index (χ2v) is 10.1. The van der Waals surface area contributed by atoms with Crippen molar-refractivity contribution in [1.29, 1.82) is 0 Å². The van der Waals surface area contributed by atoms with Gasteiger partial charge < -0.3 is 15.3 Å². The largest absolute Gasteiger partial charge is 0.396 e. The molecule has 2 aliphatic heterocycles. The minimum atomic E-state index is -0.407. The number of likely N-dealkylation sites (tertiary alicyclic amines) is 1. The number of benzene rings is 1. The van der Waals surface area contributed by atoms with E-state index < -0.39 is 5.92 Å². The number of anilines is 1. The molecule has 3 aromatic heterocycles. The molecule has 1 unspecified atom stereocenters. The van der Waals surface area contributed by atoms with Gasteiger partial charge in [-0.05, 0) is 18.9 Å². The minimum Gasteiger partial charge on any atom is -0.396 e. The van der Waals surface area contributed by atoms with Crippen LogP contribution in [0.4, 0.5) is 5.82 Å². The third-order valence-corrected chi connectivity index (χ3v) is 7.63. The first kappa shape index (κ1) is 24.2. The molecular formula is C29H30N6O3. The lowest BCUT2D eigenvalue weighted by Crippen LogP contribution is -2.42. The first-order valence-corrected chi connectivity index (χ1v) is 13.2. The molecule has 1 saturated heterocycles. The standard InChI is InChI=1S/C29H30N6O3/c1-18(17-36)29(38)34-13-10-20(11-14-34)26-25-24(37)9-12-30-28(25)35-27(33-26)22(16-32-35)21-7-8-23(31-15-21)19-5-3-2-4-6-19/h2-8,15-16,18,20,30,36H,9-14,17H2,1H3. The van der Waals surface area contributed by atoms with Crippen molar-refractivity contribution in [1.82, 2.24) is 24.5 Å². The number of Topliss-reactive ketones (excluding diaryl/α,β-unsaturated/α-hetero) is 1. The fourth-order valence-electron chi connectivity index (χ4n) is 5.46. The Kier molecular flexibility index (Phi) is 6.37. The summed E-state index contributed by atoms with van der Waals surface area (Å²) < 4.78 is 1.73. The number of hydrogen-bond donors (Lipinski definition) is 2. The van der Waals surface area contributed by atoms with Crippen molar-refractivity contribution >= 4 is 23.2 Å². The average Bonchev–Trinajstić information content (AvgIpc) is 3.41. The smallest absolute Gasteiger partial charge is 0.227 e. The van der Waals surface area contributed by atoms with Crippen molar-refractivity contribution < 1.29 is 14.7 Å². The molecule has 9 heteroatoms. The number of aliphatic hydroxyl groups excluding tert-OH is 1. The molecule has 0 saturated carbocycles. The summed E-state index contributed by atoms with van der Waals surface area (Å²) in [5.41, 5.74) is 5.77. The molecule has 1 atom stereocenters. The molecule has 2 aliphatic rings. The summed E-state index contributed by atoms with van der Waals surface area (Å²) in [6.07, 6.45) is 5.46. The van der Waals surface area contributed by atoms with E-state index in [1.807, 2.05) is 53.6 Å². The highest BCUT2D eigenvalue weighted by Crippen LogP contribution is 2.37. The topological polar surface area (TPSA) is 113 Å². The quantitative estimate of drug-likeness (QED) is 0.420. The number of fused-ring (bicyclic) bond motifs is 3. The van der Waals surface area contributed by atoms with E-state index in [2.05, 4.69) is 15.4 Å². The Balaban J connectivity index is 1.37. The summed E-state index contributed by atoms with van der Waals surface area (Å²) >= 11 is 0. The predicted octanol–water partition coefficient (Wildman–Crippen LogP) is 3.79. The number of ketones is 1. The molecule has 2 N–H and O–H groups in total. The lowest BCUT2D eigenvalue weighted by Gasteiger charge is -2.34. The fourth-order valence-corrected chi connectivity index (χ4v) is 5.46. The highest BCUT2D eigenvalue weighted by atomic mass is 16.3. The summed E-state index contributed by atoms with van der Waals surface area (Å²) in [7, 11) is 0. The van der Waals surface area contributed by atoms with Gasteiger partial charge in [0.1, 0.15) is 5.82 Å². The van der Waals surface area contributed by atoms with Gasteiger partial charge in [0, 0.05) is 54.9 Å². The van der Waals surface area contributed by atoms with Gasteiger partial charge >= 0.3 is 0 Å². The molecule has 9 nitrogen and oxygen atoms in total. The summed E-state index contributed by atoms with van der Waals surface area (Å²) in [5, 5.41) is 17.4. The van der Waals surface area contributed by atoms with Crippen LogP contribution in [0.3, 0.4) is 0 Å². The van der Waals surface area contributed by atoms with E-state index in [1.165, 1.54) is 0 Å². The number of pyridine rings is 1. The van der Waals surface area contributed by atoms with Gasteiger partial charge in [0.15, 0.2) is 11.4 Å². The van der Waals surface area contributed by atoms with Crippen molar-refractivity contribution in [2.45, 2.75) is 32.1 Å². The van der Waals surface area contributed by atoms with Crippen LogP contribution in [-0.4, -0.2) is 67.5 Å². The van der Waals surface area contributed by atoms with Gasteiger partial charge in [0.25, 0.3) is 0 Å². The van der Waals surface area contributed by atoms with Gasteiger partial charge in [0.2, 0.25) is 5.91 Å². The van der Waals surface area contributed by atoms with Crippen LogP contribution in [0.1, 0.15) is 48.2 Å². The number of aliphatic hydroxyl groups is 1. The van der Waals surface area contributed by atoms with Crippen molar-refractivity contribution in [3.63, 3.8) is 0 Å². The van der Waals surface area contributed by atoms with Crippen molar-refractivity contribution in [2.24, 2.45) is 5.92 Å². The molecule has 5 heterocycles. The van der Waals surface area contributed by atoms with E-state index in [1.54, 1.807) is 17.6 Å². The molecule has 0 spiro atoms. The lowest BCUT2D eigenvalue weighted by atomic mass is 9.87. The Morgan fingerprint density at radius 3 is 2.61 bits per heavy atom. The van der Waals surface area contributed by atoms with Crippen molar-refractivity contribution in [3.05, 3.63) is 66.1 Å². The van der Waals surface area contributed by atoms with Crippen LogP contribution in [0.5, 0.6) is 0 Å². The molecule has 1 fully saturated rings. The second kappa shape index (κ2) is 9.98. The second-order valence-electron chi connectivity index (χ2n) is 10.1. The monoisotopic (exact) mass is 510 g/mol. The van der Waals surface area contributed by atoms with E-state index >= 15 is 0 Å². The number of nitrogens with one attached hydrogen (secondary N) is 1. The van der Waals surface area contributed by atoms with E-state index in [9.17, 15) is 14.7 Å². The van der Waals surface area contributed by atoms with Gasteiger partial charge in [-0.15, -0.1) is 0 Å². The maximum absolute atomic E-state index is 13.1. The Morgan fingerprint density at radius 1 is 1.11 bits per heavy atom. The number of hydrogen-bond acceptors (Lipinski definition) is 7. The van der Waals surface area contributed by atoms with E-state index in [-0.39, 0.29) is 24.2 Å².